The average molecular weight is 551 g/mol. The first kappa shape index (κ1) is 27.2. The molecular weight excluding hydrogens is 512 g/mol. The Bertz CT molecular complexity index is 1580. The summed E-state index contributed by atoms with van der Waals surface area (Å²) in [4.78, 5) is 43.5. The number of carbonyl (C=O) groups is 2. The second-order valence-electron chi connectivity index (χ2n) is 11.5. The zero-order valence-corrected chi connectivity index (χ0v) is 23.6. The van der Waals surface area contributed by atoms with E-state index in [-0.39, 0.29) is 36.4 Å². The number of carbonyl (C=O) groups excluding carboxylic acids is 2. The first-order chi connectivity index (χ1) is 20.1. The molecule has 0 radical (unpaired) electrons. The van der Waals surface area contributed by atoms with Crippen molar-refractivity contribution in [2.45, 2.75) is 89.8 Å². The first-order valence-electron chi connectivity index (χ1n) is 15.2. The lowest BCUT2D eigenvalue weighted by Crippen LogP contribution is -2.36. The molecule has 2 aromatic heterocycles. The molecule has 1 aliphatic carbocycles. The number of nitrogens with zero attached hydrogens (tertiary/aromatic N) is 4. The minimum absolute atomic E-state index is 0.0414. The van der Waals surface area contributed by atoms with E-state index in [0.29, 0.717) is 28.2 Å². The van der Waals surface area contributed by atoms with E-state index < -0.39 is 0 Å². The minimum Gasteiger partial charge on any atom is -0.330 e. The number of fused-ring (bicyclic) bond motifs is 2. The van der Waals surface area contributed by atoms with E-state index >= 15 is 0 Å². The largest absolute Gasteiger partial charge is 0.330 e. The molecule has 1 aliphatic heterocycles. The Morgan fingerprint density at radius 2 is 1.37 bits per heavy atom. The van der Waals surface area contributed by atoms with Gasteiger partial charge in [0.15, 0.2) is 5.78 Å². The highest BCUT2D eigenvalue weighted by molar-refractivity contribution is 6.00. The lowest BCUT2D eigenvalue weighted by Gasteiger charge is -2.28. The smallest absolute Gasteiger partial charge is 0.280 e. The summed E-state index contributed by atoms with van der Waals surface area (Å²) >= 11 is 0. The van der Waals surface area contributed by atoms with Crippen LogP contribution >= 0.6 is 0 Å². The quantitative estimate of drug-likeness (QED) is 0.260. The van der Waals surface area contributed by atoms with Gasteiger partial charge in [0, 0.05) is 23.2 Å². The van der Waals surface area contributed by atoms with Crippen molar-refractivity contribution in [1.29, 1.82) is 0 Å². The van der Waals surface area contributed by atoms with E-state index in [2.05, 4.69) is 5.10 Å². The summed E-state index contributed by atoms with van der Waals surface area (Å²) in [5.41, 5.74) is 3.06. The van der Waals surface area contributed by atoms with Crippen LogP contribution in [0.4, 0.5) is 0 Å². The highest BCUT2D eigenvalue weighted by Gasteiger charge is 2.38. The molecule has 0 bridgehead atoms. The Kier molecular flexibility index (Phi) is 8.12. The van der Waals surface area contributed by atoms with Crippen LogP contribution in [0.1, 0.15) is 97.0 Å². The number of rotatable bonds is 5. The van der Waals surface area contributed by atoms with Crippen molar-refractivity contribution in [2.24, 2.45) is 0 Å². The number of hydrogen-bond donors (Lipinski definition) is 0. The van der Waals surface area contributed by atoms with Gasteiger partial charge < -0.3 is 9.47 Å². The van der Waals surface area contributed by atoms with Crippen molar-refractivity contribution in [2.75, 3.05) is 0 Å². The highest BCUT2D eigenvalue weighted by Crippen LogP contribution is 2.30. The van der Waals surface area contributed by atoms with E-state index in [1.165, 1.54) is 49.5 Å². The summed E-state index contributed by atoms with van der Waals surface area (Å²) in [5.74, 6) is -0.252. The molecule has 1 fully saturated rings. The molecule has 212 valence electrons. The third-order valence-electron chi connectivity index (χ3n) is 8.75. The Labute approximate surface area is 240 Å². The van der Waals surface area contributed by atoms with Gasteiger partial charge in [-0.2, -0.15) is 9.61 Å². The zero-order chi connectivity index (χ0) is 28.2. The molecule has 7 heteroatoms. The average Bonchev–Trinajstić information content (AvgIpc) is 3.59. The molecule has 7 nitrogen and oxygen atoms in total. The molecule has 6 rings (SSSR count). The normalized spacial score (nSPS) is 17.3. The van der Waals surface area contributed by atoms with E-state index in [1.54, 1.807) is 16.7 Å². The summed E-state index contributed by atoms with van der Waals surface area (Å²) < 4.78 is 3.13. The minimum atomic E-state index is -0.274. The molecule has 1 saturated carbocycles. The maximum absolute atomic E-state index is 14.2. The van der Waals surface area contributed by atoms with Crippen LogP contribution in [-0.4, -0.2) is 36.8 Å². The molecular formula is C34H38N4O3. The topological polar surface area (TPSA) is 76.7 Å². The van der Waals surface area contributed by atoms with E-state index in [0.717, 1.165) is 31.2 Å². The van der Waals surface area contributed by atoms with Crippen LogP contribution in [0, 0.1) is 0 Å². The van der Waals surface area contributed by atoms with Gasteiger partial charge in [0.05, 0.1) is 24.3 Å². The maximum atomic E-state index is 14.2. The standard InChI is InChI=1S/C34H38N4O3/c39-30(26-18-12-9-13-19-26)24-37-31-22-29(25-16-10-8-11-17-25)35-38(31)33(40)28-23-36(34(41)32(28)37)27-20-14-6-4-2-1-3-5-7-15-21-27/h8-13,16-19,22,27H,1-7,14-15,20-21,23-24H2. The summed E-state index contributed by atoms with van der Waals surface area (Å²) in [6.07, 6.45) is 12.8. The molecule has 0 saturated heterocycles. The number of aromatic nitrogens is 3. The fraction of sp³-hybridized carbons (Fsp3) is 0.412. The fourth-order valence-electron chi connectivity index (χ4n) is 6.50. The SMILES string of the molecule is O=C(Cn1c2c(c(=O)n3nc(-c4ccccc4)cc13)CN(C1CCCCCCCCCCC1)C2=O)c1ccccc1. The van der Waals surface area contributed by atoms with Gasteiger partial charge >= 0.3 is 0 Å². The van der Waals surface area contributed by atoms with Crippen LogP contribution in [0.2, 0.25) is 0 Å². The lowest BCUT2D eigenvalue weighted by atomic mass is 9.97. The molecule has 0 unspecified atom stereocenters. The van der Waals surface area contributed by atoms with Crippen molar-refractivity contribution in [3.8, 4) is 11.3 Å². The molecule has 2 aliphatic rings. The number of Topliss-reactive ketones (excluding diaryl/α,β-unsaturated/α-hetero) is 1. The van der Waals surface area contributed by atoms with Gasteiger partial charge in [-0.15, -0.1) is 0 Å². The Morgan fingerprint density at radius 1 is 0.780 bits per heavy atom. The lowest BCUT2D eigenvalue weighted by molar-refractivity contribution is 0.0669. The van der Waals surface area contributed by atoms with Crippen molar-refractivity contribution in [3.05, 3.63) is 93.9 Å². The van der Waals surface area contributed by atoms with Crippen LogP contribution in [0.15, 0.2) is 71.5 Å². The second kappa shape index (κ2) is 12.2. The Hall–Kier alpha value is -4.00. The van der Waals surface area contributed by atoms with E-state index in [4.69, 9.17) is 0 Å². The van der Waals surface area contributed by atoms with Crippen LogP contribution in [0.5, 0.6) is 0 Å². The van der Waals surface area contributed by atoms with Crippen molar-refractivity contribution in [3.63, 3.8) is 0 Å². The van der Waals surface area contributed by atoms with Crippen molar-refractivity contribution in [1.82, 2.24) is 19.1 Å². The molecule has 0 atom stereocenters. The van der Waals surface area contributed by atoms with Crippen LogP contribution < -0.4 is 5.56 Å². The van der Waals surface area contributed by atoms with Gasteiger partial charge in [0.2, 0.25) is 0 Å². The predicted molar refractivity (Wildman–Crippen MR) is 160 cm³/mol. The number of amides is 1. The summed E-state index contributed by atoms with van der Waals surface area (Å²) in [6.45, 7) is 0.230. The van der Waals surface area contributed by atoms with E-state index in [1.807, 2.05) is 59.5 Å². The maximum Gasteiger partial charge on any atom is 0.280 e. The highest BCUT2D eigenvalue weighted by atomic mass is 16.2. The molecule has 0 N–H and O–H groups in total. The van der Waals surface area contributed by atoms with Gasteiger partial charge in [0.1, 0.15) is 11.3 Å². The Morgan fingerprint density at radius 3 is 2.00 bits per heavy atom. The third-order valence-corrected chi connectivity index (χ3v) is 8.75. The van der Waals surface area contributed by atoms with Gasteiger partial charge in [-0.05, 0) is 12.8 Å². The third kappa shape index (κ3) is 5.63. The predicted octanol–water partition coefficient (Wildman–Crippen LogP) is 6.68. The molecule has 4 aromatic rings. The van der Waals surface area contributed by atoms with Gasteiger partial charge in [-0.3, -0.25) is 14.4 Å². The molecule has 1 amide bonds. The summed E-state index contributed by atoms with van der Waals surface area (Å²) in [6, 6.07) is 20.7. The van der Waals surface area contributed by atoms with Crippen molar-refractivity contribution < 1.29 is 9.59 Å². The molecule has 0 spiro atoms. The zero-order valence-electron chi connectivity index (χ0n) is 23.6. The second-order valence-corrected chi connectivity index (χ2v) is 11.5. The summed E-state index contributed by atoms with van der Waals surface area (Å²) in [5, 5.41) is 4.68. The number of benzene rings is 2. The fourth-order valence-corrected chi connectivity index (χ4v) is 6.50. The molecule has 2 aromatic carbocycles. The first-order valence-corrected chi connectivity index (χ1v) is 15.2. The van der Waals surface area contributed by atoms with Crippen LogP contribution in [0.25, 0.3) is 16.9 Å². The monoisotopic (exact) mass is 550 g/mol. The van der Waals surface area contributed by atoms with Crippen LogP contribution in [-0.2, 0) is 13.1 Å². The van der Waals surface area contributed by atoms with Gasteiger partial charge in [-0.25, -0.2) is 0 Å². The number of hydrogen-bond acceptors (Lipinski definition) is 4. The summed E-state index contributed by atoms with van der Waals surface area (Å²) in [7, 11) is 0. The Balaban J connectivity index is 1.40. The molecule has 41 heavy (non-hydrogen) atoms. The van der Waals surface area contributed by atoms with Gasteiger partial charge in [0.25, 0.3) is 11.5 Å². The molecule has 3 heterocycles. The van der Waals surface area contributed by atoms with E-state index in [9.17, 15) is 14.4 Å². The number of ketones is 1. The van der Waals surface area contributed by atoms with Crippen molar-refractivity contribution >= 4 is 17.3 Å². The van der Waals surface area contributed by atoms with Gasteiger partial charge in [-0.1, -0.05) is 118 Å². The van der Waals surface area contributed by atoms with Crippen LogP contribution in [0.3, 0.4) is 0 Å².